The Morgan fingerprint density at radius 3 is 2.69 bits per heavy atom. The molecule has 1 aliphatic heterocycles. The van der Waals surface area contributed by atoms with Gasteiger partial charge in [0, 0.05) is 30.1 Å². The van der Waals surface area contributed by atoms with Crippen LogP contribution in [0.15, 0.2) is 12.7 Å². The highest BCUT2D eigenvalue weighted by molar-refractivity contribution is 7.99. The molecule has 0 bridgehead atoms. The Bertz CT molecular complexity index is 188. The highest BCUT2D eigenvalue weighted by Crippen LogP contribution is 2.20. The van der Waals surface area contributed by atoms with Crippen molar-refractivity contribution in [3.05, 3.63) is 12.7 Å². The molecular weight excluding hydrogens is 216 g/mol. The number of thioether (sulfide) groups is 1. The maximum absolute atomic E-state index is 3.82. The van der Waals surface area contributed by atoms with Crippen LogP contribution in [-0.4, -0.2) is 48.1 Å². The molecule has 2 nitrogen and oxygen atoms in total. The van der Waals surface area contributed by atoms with Crippen molar-refractivity contribution in [1.82, 2.24) is 10.2 Å². The third-order valence-electron chi connectivity index (χ3n) is 3.11. The fraction of sp³-hybridized carbons (Fsp3) is 0.846. The van der Waals surface area contributed by atoms with E-state index in [1.165, 1.54) is 38.2 Å². The van der Waals surface area contributed by atoms with Crippen molar-refractivity contribution in [2.45, 2.75) is 38.0 Å². The monoisotopic (exact) mass is 242 g/mol. The molecule has 1 saturated heterocycles. The fourth-order valence-corrected chi connectivity index (χ4v) is 3.27. The van der Waals surface area contributed by atoms with Gasteiger partial charge < -0.3 is 5.32 Å². The van der Waals surface area contributed by atoms with Gasteiger partial charge in [-0.25, -0.2) is 0 Å². The minimum Gasteiger partial charge on any atom is -0.317 e. The molecule has 0 unspecified atom stereocenters. The van der Waals surface area contributed by atoms with Gasteiger partial charge in [-0.3, -0.25) is 4.90 Å². The Hall–Kier alpha value is 0.01000. The molecule has 0 atom stereocenters. The van der Waals surface area contributed by atoms with Crippen LogP contribution < -0.4 is 5.32 Å². The third kappa shape index (κ3) is 5.37. The Morgan fingerprint density at radius 1 is 1.44 bits per heavy atom. The molecular formula is C13H26N2S. The lowest BCUT2D eigenvalue weighted by atomic mass is 10.2. The molecule has 0 radical (unpaired) electrons. The van der Waals surface area contributed by atoms with Crippen LogP contribution in [0.2, 0.25) is 0 Å². The maximum Gasteiger partial charge on any atom is 0.0163 e. The largest absolute Gasteiger partial charge is 0.317 e. The summed E-state index contributed by atoms with van der Waals surface area (Å²) in [6.07, 6.45) is 4.69. The topological polar surface area (TPSA) is 15.3 Å². The first-order chi connectivity index (χ1) is 7.74. The standard InChI is InChI=1S/C13H26N2S/c1-4-9-15(12(2)3)10-11-16-13-5-7-14-8-6-13/h4,12-14H,1,5-11H2,2-3H3. The third-order valence-corrected chi connectivity index (χ3v) is 4.47. The lowest BCUT2D eigenvalue weighted by molar-refractivity contribution is 0.262. The molecule has 0 aromatic heterocycles. The zero-order valence-electron chi connectivity index (χ0n) is 10.7. The normalized spacial score (nSPS) is 18.2. The highest BCUT2D eigenvalue weighted by Gasteiger charge is 2.14. The number of hydrogen-bond acceptors (Lipinski definition) is 3. The van der Waals surface area contributed by atoms with Crippen LogP contribution in [0.1, 0.15) is 26.7 Å². The second-order valence-electron chi connectivity index (χ2n) is 4.70. The van der Waals surface area contributed by atoms with E-state index in [1.54, 1.807) is 0 Å². The van der Waals surface area contributed by atoms with Crippen molar-refractivity contribution < 1.29 is 0 Å². The van der Waals surface area contributed by atoms with Crippen molar-refractivity contribution >= 4 is 11.8 Å². The van der Waals surface area contributed by atoms with Gasteiger partial charge in [0.2, 0.25) is 0 Å². The van der Waals surface area contributed by atoms with Crippen molar-refractivity contribution in [3.8, 4) is 0 Å². The van der Waals surface area contributed by atoms with E-state index in [-0.39, 0.29) is 0 Å². The molecule has 0 saturated carbocycles. The minimum absolute atomic E-state index is 0.631. The van der Waals surface area contributed by atoms with E-state index in [0.29, 0.717) is 6.04 Å². The van der Waals surface area contributed by atoms with Gasteiger partial charge in [-0.05, 0) is 39.8 Å². The van der Waals surface area contributed by atoms with E-state index in [9.17, 15) is 0 Å². The molecule has 0 spiro atoms. The first-order valence-electron chi connectivity index (χ1n) is 6.41. The number of hydrogen-bond donors (Lipinski definition) is 1. The Balaban J connectivity index is 2.13. The second kappa shape index (κ2) is 8.15. The first kappa shape index (κ1) is 14.1. The van der Waals surface area contributed by atoms with Crippen molar-refractivity contribution in [3.63, 3.8) is 0 Å². The first-order valence-corrected chi connectivity index (χ1v) is 7.46. The molecule has 0 aromatic carbocycles. The Morgan fingerprint density at radius 2 is 2.12 bits per heavy atom. The molecule has 0 aliphatic carbocycles. The summed E-state index contributed by atoms with van der Waals surface area (Å²) in [5, 5.41) is 4.30. The van der Waals surface area contributed by atoms with Crippen molar-refractivity contribution in [1.29, 1.82) is 0 Å². The van der Waals surface area contributed by atoms with Crippen LogP contribution in [-0.2, 0) is 0 Å². The van der Waals surface area contributed by atoms with Gasteiger partial charge in [-0.15, -0.1) is 6.58 Å². The van der Waals surface area contributed by atoms with E-state index < -0.39 is 0 Å². The summed E-state index contributed by atoms with van der Waals surface area (Å²) in [5.74, 6) is 1.26. The van der Waals surface area contributed by atoms with E-state index in [4.69, 9.17) is 0 Å². The van der Waals surface area contributed by atoms with Crippen LogP contribution in [0.3, 0.4) is 0 Å². The van der Waals surface area contributed by atoms with Gasteiger partial charge >= 0.3 is 0 Å². The van der Waals surface area contributed by atoms with Gasteiger partial charge in [0.1, 0.15) is 0 Å². The van der Waals surface area contributed by atoms with Crippen LogP contribution in [0, 0.1) is 0 Å². The summed E-state index contributed by atoms with van der Waals surface area (Å²) in [7, 11) is 0. The van der Waals surface area contributed by atoms with Crippen LogP contribution in [0.5, 0.6) is 0 Å². The molecule has 1 N–H and O–H groups in total. The molecule has 0 amide bonds. The van der Waals surface area contributed by atoms with E-state index in [0.717, 1.165) is 11.8 Å². The molecule has 94 valence electrons. The number of rotatable bonds is 7. The summed E-state index contributed by atoms with van der Waals surface area (Å²) in [6, 6.07) is 0.631. The van der Waals surface area contributed by atoms with Gasteiger partial charge in [0.05, 0.1) is 0 Å². The Kier molecular flexibility index (Phi) is 7.17. The van der Waals surface area contributed by atoms with Crippen LogP contribution in [0.25, 0.3) is 0 Å². The van der Waals surface area contributed by atoms with E-state index >= 15 is 0 Å². The second-order valence-corrected chi connectivity index (χ2v) is 6.11. The van der Waals surface area contributed by atoms with E-state index in [1.807, 2.05) is 6.08 Å². The van der Waals surface area contributed by atoms with Crippen LogP contribution in [0.4, 0.5) is 0 Å². The number of piperidine rings is 1. The smallest absolute Gasteiger partial charge is 0.0163 e. The number of nitrogens with one attached hydrogen (secondary N) is 1. The molecule has 3 heteroatoms. The van der Waals surface area contributed by atoms with Gasteiger partial charge in [0.15, 0.2) is 0 Å². The summed E-state index contributed by atoms with van der Waals surface area (Å²) in [6.45, 7) is 13.0. The Labute approximate surface area is 105 Å². The fourth-order valence-electron chi connectivity index (χ4n) is 2.02. The van der Waals surface area contributed by atoms with Gasteiger partial charge in [-0.2, -0.15) is 11.8 Å². The molecule has 1 aliphatic rings. The molecule has 16 heavy (non-hydrogen) atoms. The summed E-state index contributed by atoms with van der Waals surface area (Å²) >= 11 is 2.15. The summed E-state index contributed by atoms with van der Waals surface area (Å²) < 4.78 is 0. The highest BCUT2D eigenvalue weighted by atomic mass is 32.2. The van der Waals surface area contributed by atoms with Gasteiger partial charge in [0.25, 0.3) is 0 Å². The summed E-state index contributed by atoms with van der Waals surface area (Å²) in [4.78, 5) is 2.49. The number of nitrogens with zero attached hydrogens (tertiary/aromatic N) is 1. The minimum atomic E-state index is 0.631. The van der Waals surface area contributed by atoms with Crippen molar-refractivity contribution in [2.75, 3.05) is 31.9 Å². The van der Waals surface area contributed by atoms with Crippen molar-refractivity contribution in [2.24, 2.45) is 0 Å². The quantitative estimate of drug-likeness (QED) is 0.690. The molecule has 1 fully saturated rings. The van der Waals surface area contributed by atoms with Crippen LogP contribution >= 0.6 is 11.8 Å². The molecule has 0 aromatic rings. The predicted octanol–water partition coefficient (Wildman–Crippen LogP) is 2.37. The predicted molar refractivity (Wildman–Crippen MR) is 75.3 cm³/mol. The zero-order chi connectivity index (χ0) is 11.8. The average molecular weight is 242 g/mol. The zero-order valence-corrected chi connectivity index (χ0v) is 11.6. The summed E-state index contributed by atoms with van der Waals surface area (Å²) in [5.41, 5.74) is 0. The average Bonchev–Trinajstić information content (AvgIpc) is 2.29. The molecule has 1 heterocycles. The lowest BCUT2D eigenvalue weighted by Gasteiger charge is -2.27. The van der Waals surface area contributed by atoms with Gasteiger partial charge in [-0.1, -0.05) is 6.08 Å². The lowest BCUT2D eigenvalue weighted by Crippen LogP contribution is -2.34. The van der Waals surface area contributed by atoms with E-state index in [2.05, 4.69) is 42.4 Å². The maximum atomic E-state index is 3.82. The SMILES string of the molecule is C=CCN(CCSC1CCNCC1)C(C)C. The molecule has 1 rings (SSSR count).